The van der Waals surface area contributed by atoms with Crippen LogP contribution >= 0.6 is 0 Å². The van der Waals surface area contributed by atoms with Gasteiger partial charge >= 0.3 is 0 Å². The summed E-state index contributed by atoms with van der Waals surface area (Å²) in [6, 6.07) is 5.82. The predicted octanol–water partition coefficient (Wildman–Crippen LogP) is 2.39. The first-order valence-corrected chi connectivity index (χ1v) is 6.73. The third-order valence-corrected chi connectivity index (χ3v) is 3.54. The minimum absolute atomic E-state index is 0.00574. The van der Waals surface area contributed by atoms with E-state index in [-0.39, 0.29) is 12.2 Å². The van der Waals surface area contributed by atoms with Crippen molar-refractivity contribution >= 4 is 0 Å². The summed E-state index contributed by atoms with van der Waals surface area (Å²) in [5.74, 6) is 2.16. The molecule has 2 rings (SSSR count). The van der Waals surface area contributed by atoms with Gasteiger partial charge in [0, 0.05) is 18.7 Å². The zero-order chi connectivity index (χ0) is 13.8. The molecule has 106 valence electrons. The number of ether oxygens (including phenoxy) is 3. The van der Waals surface area contributed by atoms with E-state index in [0.29, 0.717) is 5.92 Å². The van der Waals surface area contributed by atoms with Crippen LogP contribution in [0.3, 0.4) is 0 Å². The summed E-state index contributed by atoms with van der Waals surface area (Å²) < 4.78 is 16.9. The number of hydrogen-bond acceptors (Lipinski definition) is 4. The van der Waals surface area contributed by atoms with Crippen LogP contribution in [0.1, 0.15) is 25.5 Å². The molecular formula is C15H23NO3. The van der Waals surface area contributed by atoms with Gasteiger partial charge in [0.2, 0.25) is 0 Å². The second-order valence-electron chi connectivity index (χ2n) is 5.17. The molecule has 1 aliphatic heterocycles. The summed E-state index contributed by atoms with van der Waals surface area (Å²) in [6.07, 6.45) is 0.237. The van der Waals surface area contributed by atoms with Crippen LogP contribution in [0.25, 0.3) is 0 Å². The first-order chi connectivity index (χ1) is 9.15. The van der Waals surface area contributed by atoms with Gasteiger partial charge in [-0.1, -0.05) is 13.8 Å². The molecule has 2 unspecified atom stereocenters. The summed E-state index contributed by atoms with van der Waals surface area (Å²) in [7, 11) is 3.35. The van der Waals surface area contributed by atoms with Crippen molar-refractivity contribution in [3.05, 3.63) is 23.8 Å². The highest BCUT2D eigenvalue weighted by molar-refractivity contribution is 5.42. The Morgan fingerprint density at radius 3 is 2.63 bits per heavy atom. The maximum absolute atomic E-state index is 6.18. The van der Waals surface area contributed by atoms with Gasteiger partial charge in [-0.3, -0.25) is 0 Å². The molecule has 4 nitrogen and oxygen atoms in total. The number of methoxy groups -OCH3 is 2. The molecule has 1 N–H and O–H groups in total. The average molecular weight is 265 g/mol. The van der Waals surface area contributed by atoms with Crippen LogP contribution in [0, 0.1) is 5.92 Å². The van der Waals surface area contributed by atoms with E-state index in [1.54, 1.807) is 14.2 Å². The molecule has 19 heavy (non-hydrogen) atoms. The summed E-state index contributed by atoms with van der Waals surface area (Å²) >= 11 is 0. The lowest BCUT2D eigenvalue weighted by molar-refractivity contribution is -0.0611. The Labute approximate surface area is 115 Å². The van der Waals surface area contributed by atoms with E-state index in [4.69, 9.17) is 14.2 Å². The molecule has 0 saturated carbocycles. The molecule has 0 radical (unpaired) electrons. The molecule has 4 heteroatoms. The molecule has 1 aromatic rings. The number of rotatable bonds is 4. The van der Waals surface area contributed by atoms with Crippen LogP contribution in [0.15, 0.2) is 18.2 Å². The minimum Gasteiger partial charge on any atom is -0.497 e. The van der Waals surface area contributed by atoms with Gasteiger partial charge in [0.05, 0.1) is 26.4 Å². The largest absolute Gasteiger partial charge is 0.497 e. The summed E-state index contributed by atoms with van der Waals surface area (Å²) in [5, 5.41) is 3.43. The Morgan fingerprint density at radius 1 is 1.21 bits per heavy atom. The maximum Gasteiger partial charge on any atom is 0.124 e. The van der Waals surface area contributed by atoms with Crippen molar-refractivity contribution in [2.24, 2.45) is 5.92 Å². The van der Waals surface area contributed by atoms with Gasteiger partial charge in [0.25, 0.3) is 0 Å². The molecule has 1 heterocycles. The highest BCUT2D eigenvalue weighted by atomic mass is 16.5. The Morgan fingerprint density at radius 2 is 2.00 bits per heavy atom. The van der Waals surface area contributed by atoms with Gasteiger partial charge in [-0.2, -0.15) is 0 Å². The lowest BCUT2D eigenvalue weighted by Gasteiger charge is -2.34. The summed E-state index contributed by atoms with van der Waals surface area (Å²) in [5.41, 5.74) is 1.04. The van der Waals surface area contributed by atoms with Crippen molar-refractivity contribution in [3.8, 4) is 11.5 Å². The Hall–Kier alpha value is -1.26. The quantitative estimate of drug-likeness (QED) is 0.907. The van der Waals surface area contributed by atoms with Gasteiger partial charge in [-0.25, -0.2) is 0 Å². The smallest absolute Gasteiger partial charge is 0.124 e. The van der Waals surface area contributed by atoms with Crippen LogP contribution in [0.5, 0.6) is 11.5 Å². The Bertz CT molecular complexity index is 420. The standard InChI is InChI=1S/C15H23NO3/c1-10(2)14-8-16-9-15(19-14)12-7-11(17-3)5-6-13(12)18-4/h5-7,10,14-16H,8-9H2,1-4H3. The molecule has 1 aliphatic rings. The minimum atomic E-state index is 0.00574. The fraction of sp³-hybridized carbons (Fsp3) is 0.600. The van der Waals surface area contributed by atoms with Gasteiger partial charge < -0.3 is 19.5 Å². The van der Waals surface area contributed by atoms with Crippen LogP contribution < -0.4 is 14.8 Å². The van der Waals surface area contributed by atoms with E-state index in [0.717, 1.165) is 30.2 Å². The average Bonchev–Trinajstić information content (AvgIpc) is 2.46. The van der Waals surface area contributed by atoms with E-state index < -0.39 is 0 Å². The number of morpholine rings is 1. The molecule has 2 atom stereocenters. The third-order valence-electron chi connectivity index (χ3n) is 3.54. The van der Waals surface area contributed by atoms with Crippen molar-refractivity contribution in [3.63, 3.8) is 0 Å². The van der Waals surface area contributed by atoms with Crippen molar-refractivity contribution in [1.82, 2.24) is 5.32 Å². The van der Waals surface area contributed by atoms with Gasteiger partial charge in [0.15, 0.2) is 0 Å². The first kappa shape index (κ1) is 14.2. The van der Waals surface area contributed by atoms with Gasteiger partial charge in [0.1, 0.15) is 11.5 Å². The molecular weight excluding hydrogens is 242 g/mol. The number of nitrogens with one attached hydrogen (secondary N) is 1. The molecule has 0 bridgehead atoms. The van der Waals surface area contributed by atoms with Crippen LogP contribution in [0.2, 0.25) is 0 Å². The number of benzene rings is 1. The molecule has 1 aromatic carbocycles. The fourth-order valence-corrected chi connectivity index (χ4v) is 2.33. The maximum atomic E-state index is 6.18. The summed E-state index contributed by atoms with van der Waals surface area (Å²) in [6.45, 7) is 6.06. The second kappa shape index (κ2) is 6.26. The second-order valence-corrected chi connectivity index (χ2v) is 5.17. The van der Waals surface area contributed by atoms with Crippen molar-refractivity contribution in [2.45, 2.75) is 26.1 Å². The molecule has 1 saturated heterocycles. The molecule has 0 aromatic heterocycles. The summed E-state index contributed by atoms with van der Waals surface area (Å²) in [4.78, 5) is 0. The first-order valence-electron chi connectivity index (χ1n) is 6.73. The lowest BCUT2D eigenvalue weighted by Crippen LogP contribution is -2.43. The lowest BCUT2D eigenvalue weighted by atomic mass is 10.0. The monoisotopic (exact) mass is 265 g/mol. The van der Waals surface area contributed by atoms with E-state index in [9.17, 15) is 0 Å². The zero-order valence-electron chi connectivity index (χ0n) is 12.1. The van der Waals surface area contributed by atoms with Crippen LogP contribution in [-0.4, -0.2) is 33.4 Å². The zero-order valence-corrected chi connectivity index (χ0v) is 12.1. The molecule has 1 fully saturated rings. The highest BCUT2D eigenvalue weighted by Crippen LogP contribution is 2.33. The molecule has 0 aliphatic carbocycles. The van der Waals surface area contributed by atoms with Crippen LogP contribution in [0.4, 0.5) is 0 Å². The van der Waals surface area contributed by atoms with Gasteiger partial charge in [-0.15, -0.1) is 0 Å². The topological polar surface area (TPSA) is 39.7 Å². The highest BCUT2D eigenvalue weighted by Gasteiger charge is 2.27. The molecule has 0 amide bonds. The Balaban J connectivity index is 2.24. The van der Waals surface area contributed by atoms with Crippen molar-refractivity contribution in [1.29, 1.82) is 0 Å². The normalized spacial score (nSPS) is 23.4. The molecule has 0 spiro atoms. The third kappa shape index (κ3) is 3.19. The number of hydrogen-bond donors (Lipinski definition) is 1. The predicted molar refractivity (Wildman–Crippen MR) is 74.9 cm³/mol. The van der Waals surface area contributed by atoms with Crippen LogP contribution in [-0.2, 0) is 4.74 Å². The van der Waals surface area contributed by atoms with E-state index in [1.165, 1.54) is 0 Å². The SMILES string of the molecule is COc1ccc(OC)c(C2CNCC(C(C)C)O2)c1. The van der Waals surface area contributed by atoms with Crippen molar-refractivity contribution < 1.29 is 14.2 Å². The Kier molecular flexibility index (Phi) is 4.66. The van der Waals surface area contributed by atoms with E-state index >= 15 is 0 Å². The fourth-order valence-electron chi connectivity index (χ4n) is 2.33. The van der Waals surface area contributed by atoms with Gasteiger partial charge in [-0.05, 0) is 24.1 Å². The van der Waals surface area contributed by atoms with Crippen molar-refractivity contribution in [2.75, 3.05) is 27.3 Å². The van der Waals surface area contributed by atoms with E-state index in [1.807, 2.05) is 18.2 Å². The van der Waals surface area contributed by atoms with E-state index in [2.05, 4.69) is 19.2 Å².